The first kappa shape index (κ1) is 32.0. The second kappa shape index (κ2) is 12.8. The summed E-state index contributed by atoms with van der Waals surface area (Å²) in [5.41, 5.74) is 1.30. The Bertz CT molecular complexity index is 1300. The van der Waals surface area contributed by atoms with E-state index in [9.17, 15) is 23.6 Å². The summed E-state index contributed by atoms with van der Waals surface area (Å²) in [5, 5.41) is 20.8. The molecule has 0 radical (unpaired) electrons. The lowest BCUT2D eigenvalue weighted by molar-refractivity contribution is 0.0627. The zero-order chi connectivity index (χ0) is 29.6. The van der Waals surface area contributed by atoms with Gasteiger partial charge in [0.2, 0.25) is 9.84 Å². The van der Waals surface area contributed by atoms with Gasteiger partial charge < -0.3 is 19.5 Å². The first-order valence-electron chi connectivity index (χ1n) is 12.7. The number of benzene rings is 2. The molecular formula is C30H40N2O6S. The van der Waals surface area contributed by atoms with Crippen molar-refractivity contribution in [2.45, 2.75) is 57.3 Å². The standard InChI is InChI=1S/C30H40N2O6S/c1-29(2,3)25-18-21(19-26(27(25)33)30(4,5)6)17-24(20-31)39(35,36)23-11-9-22(10-12-23)28(34)32(13-15-37-7)14-16-38-8/h9-12,17-19,33H,13-16H2,1-8H3. The van der Waals surface area contributed by atoms with Crippen LogP contribution in [0.25, 0.3) is 6.08 Å². The van der Waals surface area contributed by atoms with Crippen LogP contribution in [0.4, 0.5) is 0 Å². The SMILES string of the molecule is COCCN(CCOC)C(=O)c1ccc(S(=O)(=O)C(C#N)=Cc2cc(C(C)(C)C)c(O)c(C(C)(C)C)c2)cc1. The van der Waals surface area contributed by atoms with E-state index in [4.69, 9.17) is 9.47 Å². The summed E-state index contributed by atoms with van der Waals surface area (Å²) >= 11 is 0. The summed E-state index contributed by atoms with van der Waals surface area (Å²) in [6.45, 7) is 13.2. The van der Waals surface area contributed by atoms with Crippen molar-refractivity contribution < 1.29 is 27.8 Å². The fourth-order valence-electron chi connectivity index (χ4n) is 4.01. The van der Waals surface area contributed by atoms with Gasteiger partial charge in [-0.05, 0) is 58.9 Å². The molecule has 2 aromatic rings. The number of phenolic OH excluding ortho intramolecular Hbond substituents is 1. The summed E-state index contributed by atoms with van der Waals surface area (Å²) in [4.78, 5) is 14.0. The molecule has 0 unspecified atom stereocenters. The minimum atomic E-state index is -4.17. The van der Waals surface area contributed by atoms with Gasteiger partial charge in [0.25, 0.3) is 5.91 Å². The molecule has 2 rings (SSSR count). The molecule has 1 amide bonds. The summed E-state index contributed by atoms with van der Waals surface area (Å²) in [7, 11) is -1.08. The van der Waals surface area contributed by atoms with Crippen LogP contribution in [0.15, 0.2) is 46.2 Å². The molecule has 0 aromatic heterocycles. The highest BCUT2D eigenvalue weighted by atomic mass is 32.2. The molecule has 39 heavy (non-hydrogen) atoms. The van der Waals surface area contributed by atoms with Crippen molar-refractivity contribution >= 4 is 21.8 Å². The second-order valence-electron chi connectivity index (χ2n) is 11.4. The third-order valence-corrected chi connectivity index (χ3v) is 7.96. The number of carbonyl (C=O) groups is 1. The number of allylic oxidation sites excluding steroid dienone is 1. The van der Waals surface area contributed by atoms with Crippen molar-refractivity contribution in [3.05, 3.63) is 63.6 Å². The summed E-state index contributed by atoms with van der Waals surface area (Å²) in [6.07, 6.45) is 1.33. The Morgan fingerprint density at radius 2 is 1.41 bits per heavy atom. The van der Waals surface area contributed by atoms with Gasteiger partial charge >= 0.3 is 0 Å². The third kappa shape index (κ3) is 7.91. The van der Waals surface area contributed by atoms with Crippen LogP contribution >= 0.6 is 0 Å². The van der Waals surface area contributed by atoms with Crippen molar-refractivity contribution in [3.8, 4) is 11.8 Å². The molecular weight excluding hydrogens is 516 g/mol. The normalized spacial score (nSPS) is 12.7. The lowest BCUT2D eigenvalue weighted by Gasteiger charge is -2.28. The Morgan fingerprint density at radius 1 is 0.949 bits per heavy atom. The van der Waals surface area contributed by atoms with E-state index in [0.29, 0.717) is 48.6 Å². The zero-order valence-corrected chi connectivity index (χ0v) is 25.0. The molecule has 1 N–H and O–H groups in total. The molecule has 0 atom stereocenters. The first-order chi connectivity index (χ1) is 18.1. The highest BCUT2D eigenvalue weighted by molar-refractivity contribution is 7.95. The number of phenols is 1. The topological polar surface area (TPSA) is 117 Å². The fraction of sp³-hybridized carbons (Fsp3) is 0.467. The van der Waals surface area contributed by atoms with Crippen LogP contribution in [-0.2, 0) is 30.1 Å². The van der Waals surface area contributed by atoms with Gasteiger partial charge in [0.1, 0.15) is 16.7 Å². The molecule has 0 saturated heterocycles. The minimum Gasteiger partial charge on any atom is -0.507 e. The molecule has 0 aliphatic carbocycles. The minimum absolute atomic E-state index is 0.0990. The van der Waals surface area contributed by atoms with Crippen LogP contribution in [0.1, 0.15) is 68.6 Å². The number of nitrogens with zero attached hydrogens (tertiary/aromatic N) is 2. The van der Waals surface area contributed by atoms with Crippen LogP contribution in [0.2, 0.25) is 0 Å². The number of sulfone groups is 1. The number of rotatable bonds is 10. The van der Waals surface area contributed by atoms with Crippen molar-refractivity contribution in [2.75, 3.05) is 40.5 Å². The van der Waals surface area contributed by atoms with Crippen molar-refractivity contribution in [1.29, 1.82) is 5.26 Å². The lowest BCUT2D eigenvalue weighted by atomic mass is 9.78. The van der Waals surface area contributed by atoms with E-state index in [1.165, 1.54) is 30.3 Å². The molecule has 0 spiro atoms. The molecule has 0 heterocycles. The Labute approximate surface area is 232 Å². The Hall–Kier alpha value is -3.19. The zero-order valence-electron chi connectivity index (χ0n) is 24.2. The highest BCUT2D eigenvalue weighted by Gasteiger charge is 2.28. The number of methoxy groups -OCH3 is 2. The average molecular weight is 557 g/mol. The third-order valence-electron chi connectivity index (χ3n) is 6.28. The predicted molar refractivity (Wildman–Crippen MR) is 152 cm³/mol. The number of carbonyl (C=O) groups excluding carboxylic acids is 1. The average Bonchev–Trinajstić information content (AvgIpc) is 2.86. The molecule has 8 nitrogen and oxygen atoms in total. The van der Waals surface area contributed by atoms with Crippen molar-refractivity contribution in [3.63, 3.8) is 0 Å². The van der Waals surface area contributed by atoms with Crippen LogP contribution < -0.4 is 0 Å². The van der Waals surface area contributed by atoms with E-state index in [-0.39, 0.29) is 16.6 Å². The predicted octanol–water partition coefficient (Wildman–Crippen LogP) is 5.06. The second-order valence-corrected chi connectivity index (χ2v) is 13.3. The molecule has 0 bridgehead atoms. The Morgan fingerprint density at radius 3 is 1.79 bits per heavy atom. The van der Waals surface area contributed by atoms with Crippen molar-refractivity contribution in [2.24, 2.45) is 0 Å². The number of nitriles is 1. The maximum Gasteiger partial charge on any atom is 0.254 e. The monoisotopic (exact) mass is 556 g/mol. The number of hydrogen-bond acceptors (Lipinski definition) is 7. The fourth-order valence-corrected chi connectivity index (χ4v) is 5.17. The van der Waals surface area contributed by atoms with Crippen LogP contribution in [0.5, 0.6) is 5.75 Å². The Balaban J connectivity index is 2.51. The van der Waals surface area contributed by atoms with Crippen LogP contribution in [0, 0.1) is 11.3 Å². The van der Waals surface area contributed by atoms with E-state index in [2.05, 4.69) is 0 Å². The largest absolute Gasteiger partial charge is 0.507 e. The van der Waals surface area contributed by atoms with E-state index in [1.807, 2.05) is 47.6 Å². The van der Waals surface area contributed by atoms with E-state index in [0.717, 1.165) is 0 Å². The Kier molecular flexibility index (Phi) is 10.5. The quantitative estimate of drug-likeness (QED) is 0.407. The summed E-state index contributed by atoms with van der Waals surface area (Å²) in [5.74, 6) is -0.114. The van der Waals surface area contributed by atoms with Gasteiger partial charge in [-0.2, -0.15) is 5.26 Å². The van der Waals surface area contributed by atoms with Crippen LogP contribution in [-0.4, -0.2) is 64.9 Å². The van der Waals surface area contributed by atoms with Gasteiger partial charge in [-0.25, -0.2) is 8.42 Å². The molecule has 212 valence electrons. The first-order valence-corrected chi connectivity index (χ1v) is 14.2. The number of hydrogen-bond donors (Lipinski definition) is 1. The highest BCUT2D eigenvalue weighted by Crippen LogP contribution is 2.40. The molecule has 9 heteroatoms. The molecule has 0 fully saturated rings. The number of ether oxygens (including phenoxy) is 2. The lowest BCUT2D eigenvalue weighted by Crippen LogP contribution is -2.36. The number of aromatic hydroxyl groups is 1. The van der Waals surface area contributed by atoms with Crippen LogP contribution in [0.3, 0.4) is 0 Å². The van der Waals surface area contributed by atoms with Gasteiger partial charge in [0.15, 0.2) is 0 Å². The summed E-state index contributed by atoms with van der Waals surface area (Å²) in [6, 6.07) is 10.8. The smallest absolute Gasteiger partial charge is 0.254 e. The van der Waals surface area contributed by atoms with E-state index < -0.39 is 25.6 Å². The van der Waals surface area contributed by atoms with Crippen molar-refractivity contribution in [1.82, 2.24) is 4.90 Å². The van der Waals surface area contributed by atoms with Gasteiger partial charge in [-0.1, -0.05) is 41.5 Å². The molecule has 0 aliphatic rings. The molecule has 0 saturated carbocycles. The van der Waals surface area contributed by atoms with Gasteiger partial charge in [0.05, 0.1) is 18.1 Å². The van der Waals surface area contributed by atoms with Gasteiger partial charge in [-0.3, -0.25) is 4.79 Å². The molecule has 2 aromatic carbocycles. The summed E-state index contributed by atoms with van der Waals surface area (Å²) < 4.78 is 37.0. The van der Waals surface area contributed by atoms with E-state index >= 15 is 0 Å². The van der Waals surface area contributed by atoms with E-state index in [1.54, 1.807) is 31.3 Å². The molecule has 0 aliphatic heterocycles. The maximum atomic E-state index is 13.4. The number of amides is 1. The van der Waals surface area contributed by atoms with Gasteiger partial charge in [-0.15, -0.1) is 0 Å². The van der Waals surface area contributed by atoms with Gasteiger partial charge in [0, 0.05) is 44.0 Å². The maximum absolute atomic E-state index is 13.4.